The van der Waals surface area contributed by atoms with E-state index in [1.807, 2.05) is 19.9 Å². The molecule has 0 aromatic heterocycles. The molecule has 0 spiro atoms. The Bertz CT molecular complexity index is 539. The normalized spacial score (nSPS) is 52.4. The van der Waals surface area contributed by atoms with E-state index < -0.39 is 17.1 Å². The van der Waals surface area contributed by atoms with Crippen molar-refractivity contribution in [1.29, 1.82) is 0 Å². The first-order valence-electron chi connectivity index (χ1n) is 9.07. The molecule has 3 aliphatic rings. The highest BCUT2D eigenvalue weighted by Crippen LogP contribution is 2.65. The lowest BCUT2D eigenvalue weighted by molar-refractivity contribution is -0.246. The Morgan fingerprint density at radius 3 is 2.43 bits per heavy atom. The number of hydrogen-bond donors (Lipinski definition) is 2. The predicted molar refractivity (Wildman–Crippen MR) is 90.8 cm³/mol. The van der Waals surface area contributed by atoms with Crippen molar-refractivity contribution in [2.75, 3.05) is 0 Å². The van der Waals surface area contributed by atoms with Crippen LogP contribution in [0.25, 0.3) is 0 Å². The van der Waals surface area contributed by atoms with Gasteiger partial charge in [-0.05, 0) is 54.8 Å². The van der Waals surface area contributed by atoms with E-state index >= 15 is 0 Å². The minimum Gasteiger partial charge on any atom is -0.390 e. The number of allylic oxidation sites excluding steroid dienone is 1. The van der Waals surface area contributed by atoms with E-state index in [1.54, 1.807) is 0 Å². The number of carbonyl (C=O) groups is 1. The average molecular weight is 320 g/mol. The van der Waals surface area contributed by atoms with Gasteiger partial charge in [-0.15, -0.1) is 6.58 Å². The van der Waals surface area contributed by atoms with Gasteiger partial charge >= 0.3 is 0 Å². The molecule has 0 aromatic rings. The zero-order valence-corrected chi connectivity index (χ0v) is 15.1. The second kappa shape index (κ2) is 4.92. The van der Waals surface area contributed by atoms with Gasteiger partial charge in [0, 0.05) is 11.8 Å². The smallest absolute Gasteiger partial charge is 0.138 e. The van der Waals surface area contributed by atoms with Gasteiger partial charge in [-0.2, -0.15) is 0 Å². The van der Waals surface area contributed by atoms with E-state index in [-0.39, 0.29) is 22.7 Å². The van der Waals surface area contributed by atoms with Gasteiger partial charge in [0.25, 0.3) is 0 Å². The monoisotopic (exact) mass is 320 g/mol. The lowest BCUT2D eigenvalue weighted by atomic mass is 9.41. The predicted octanol–water partition coefficient (Wildman–Crippen LogP) is 3.49. The van der Waals surface area contributed by atoms with Gasteiger partial charge in [0.2, 0.25) is 0 Å². The summed E-state index contributed by atoms with van der Waals surface area (Å²) in [7, 11) is 0. The van der Waals surface area contributed by atoms with Crippen LogP contribution in [0.2, 0.25) is 0 Å². The SMILES string of the molecule is C=C[C@]1(C)CCC2[C@]3(C)CCC(=O)C(C)(C)C3C[C@@H](O)[C@]2(O)C1. The molecule has 3 heteroatoms. The van der Waals surface area contributed by atoms with Gasteiger partial charge in [0.1, 0.15) is 5.78 Å². The number of fused-ring (bicyclic) bond motifs is 3. The van der Waals surface area contributed by atoms with Crippen LogP contribution < -0.4 is 0 Å². The van der Waals surface area contributed by atoms with E-state index in [0.717, 1.165) is 19.3 Å². The van der Waals surface area contributed by atoms with Crippen LogP contribution in [0.4, 0.5) is 0 Å². The Labute approximate surface area is 140 Å². The van der Waals surface area contributed by atoms with Gasteiger partial charge < -0.3 is 10.2 Å². The van der Waals surface area contributed by atoms with Crippen LogP contribution in [0.5, 0.6) is 0 Å². The molecule has 0 amide bonds. The summed E-state index contributed by atoms with van der Waals surface area (Å²) in [5.41, 5.74) is -1.65. The van der Waals surface area contributed by atoms with Crippen LogP contribution in [0, 0.1) is 28.1 Å². The van der Waals surface area contributed by atoms with Gasteiger partial charge in [0.05, 0.1) is 11.7 Å². The second-order valence-corrected chi connectivity index (χ2v) is 9.57. The number of hydrogen-bond acceptors (Lipinski definition) is 3. The highest BCUT2D eigenvalue weighted by Gasteiger charge is 2.66. The third-order valence-corrected chi connectivity index (χ3v) is 7.90. The van der Waals surface area contributed by atoms with Crippen molar-refractivity contribution in [2.45, 2.75) is 77.9 Å². The molecule has 0 aromatic carbocycles. The molecule has 6 atom stereocenters. The van der Waals surface area contributed by atoms with Gasteiger partial charge in [-0.1, -0.05) is 33.8 Å². The zero-order chi connectivity index (χ0) is 17.3. The molecule has 2 N–H and O–H groups in total. The summed E-state index contributed by atoms with van der Waals surface area (Å²) in [6, 6.07) is 0. The first kappa shape index (κ1) is 17.2. The Hall–Kier alpha value is -0.670. The Kier molecular flexibility index (Phi) is 3.67. The largest absolute Gasteiger partial charge is 0.390 e. The van der Waals surface area contributed by atoms with Gasteiger partial charge in [-0.25, -0.2) is 0 Å². The molecule has 3 fully saturated rings. The van der Waals surface area contributed by atoms with Gasteiger partial charge in [0.15, 0.2) is 0 Å². The Morgan fingerprint density at radius 2 is 1.83 bits per heavy atom. The number of aliphatic hydroxyl groups excluding tert-OH is 1. The maximum Gasteiger partial charge on any atom is 0.138 e. The van der Waals surface area contributed by atoms with Crippen molar-refractivity contribution in [1.82, 2.24) is 0 Å². The van der Waals surface area contributed by atoms with E-state index in [0.29, 0.717) is 25.0 Å². The molecule has 3 rings (SSSR count). The van der Waals surface area contributed by atoms with Crippen LogP contribution in [-0.4, -0.2) is 27.7 Å². The number of rotatable bonds is 1. The summed E-state index contributed by atoms with van der Waals surface area (Å²) in [6.07, 6.45) is 5.61. The number of carbonyl (C=O) groups excluding carboxylic acids is 1. The third kappa shape index (κ3) is 2.19. The fraction of sp³-hybridized carbons (Fsp3) is 0.850. The molecule has 130 valence electrons. The first-order chi connectivity index (χ1) is 10.5. The zero-order valence-electron chi connectivity index (χ0n) is 15.1. The molecule has 2 unspecified atom stereocenters. The molecule has 0 bridgehead atoms. The average Bonchev–Trinajstić information content (AvgIpc) is 2.47. The molecule has 3 saturated carbocycles. The highest BCUT2D eigenvalue weighted by molar-refractivity contribution is 5.85. The summed E-state index contributed by atoms with van der Waals surface area (Å²) >= 11 is 0. The minimum absolute atomic E-state index is 0.0594. The molecule has 0 saturated heterocycles. The summed E-state index contributed by atoms with van der Waals surface area (Å²) in [5.74, 6) is 0.512. The van der Waals surface area contributed by atoms with E-state index in [1.165, 1.54) is 0 Å². The topological polar surface area (TPSA) is 57.5 Å². The maximum atomic E-state index is 12.5. The molecule has 3 aliphatic carbocycles. The molecule has 0 aliphatic heterocycles. The van der Waals surface area contributed by atoms with Crippen LogP contribution in [0.3, 0.4) is 0 Å². The molecular formula is C20H32O3. The van der Waals surface area contributed by atoms with Crippen molar-refractivity contribution < 1.29 is 15.0 Å². The first-order valence-corrected chi connectivity index (χ1v) is 9.07. The fourth-order valence-corrected chi connectivity index (χ4v) is 6.31. The number of aliphatic hydroxyl groups is 2. The van der Waals surface area contributed by atoms with Crippen LogP contribution >= 0.6 is 0 Å². The summed E-state index contributed by atoms with van der Waals surface area (Å²) in [5, 5.41) is 22.4. The van der Waals surface area contributed by atoms with Crippen molar-refractivity contribution in [3.8, 4) is 0 Å². The maximum absolute atomic E-state index is 12.5. The van der Waals surface area contributed by atoms with Crippen molar-refractivity contribution in [2.24, 2.45) is 28.1 Å². The molecule has 0 radical (unpaired) electrons. The minimum atomic E-state index is -1.05. The molecule has 0 heterocycles. The van der Waals surface area contributed by atoms with Crippen molar-refractivity contribution >= 4 is 5.78 Å². The van der Waals surface area contributed by atoms with Gasteiger partial charge in [-0.3, -0.25) is 4.79 Å². The van der Waals surface area contributed by atoms with Crippen LogP contribution in [0.1, 0.15) is 66.2 Å². The van der Waals surface area contributed by atoms with E-state index in [2.05, 4.69) is 20.4 Å². The Morgan fingerprint density at radius 1 is 1.17 bits per heavy atom. The van der Waals surface area contributed by atoms with Crippen LogP contribution in [0.15, 0.2) is 12.7 Å². The quantitative estimate of drug-likeness (QED) is 0.727. The fourth-order valence-electron chi connectivity index (χ4n) is 6.31. The lowest BCUT2D eigenvalue weighted by Gasteiger charge is -2.65. The third-order valence-electron chi connectivity index (χ3n) is 7.90. The number of ketones is 1. The summed E-state index contributed by atoms with van der Waals surface area (Å²) in [4.78, 5) is 12.5. The molecular weight excluding hydrogens is 288 g/mol. The second-order valence-electron chi connectivity index (χ2n) is 9.57. The standard InChI is InChI=1S/C20H32O3/c1-6-18(4)9-7-13-19(5)10-8-15(21)17(2,3)14(19)11-16(22)20(13,23)12-18/h6,13-14,16,22-23H,1,7-12H2,2-5H3/t13?,14?,16-,18-,19+,20+/m1/s1. The molecule has 3 nitrogen and oxygen atoms in total. The van der Waals surface area contributed by atoms with Crippen molar-refractivity contribution in [3.63, 3.8) is 0 Å². The lowest BCUT2D eigenvalue weighted by Crippen LogP contribution is -2.68. The molecule has 23 heavy (non-hydrogen) atoms. The summed E-state index contributed by atoms with van der Waals surface area (Å²) < 4.78 is 0. The highest BCUT2D eigenvalue weighted by atomic mass is 16.3. The van der Waals surface area contributed by atoms with Crippen molar-refractivity contribution in [3.05, 3.63) is 12.7 Å². The van der Waals surface area contributed by atoms with Crippen LogP contribution in [-0.2, 0) is 4.79 Å². The number of Topliss-reactive ketones (excluding diaryl/α,β-unsaturated/α-hetero) is 1. The summed E-state index contributed by atoms with van der Waals surface area (Å²) in [6.45, 7) is 12.4. The van der Waals surface area contributed by atoms with E-state index in [9.17, 15) is 15.0 Å². The Balaban J connectivity index is 2.03. The van der Waals surface area contributed by atoms with E-state index in [4.69, 9.17) is 0 Å².